The van der Waals surface area contributed by atoms with Gasteiger partial charge >= 0.3 is 0 Å². The zero-order chi connectivity index (χ0) is 10.7. The van der Waals surface area contributed by atoms with Crippen molar-refractivity contribution in [2.75, 3.05) is 23.3 Å². The molecular weight excluding hydrogens is 254 g/mol. The fraction of sp³-hybridized carbons (Fsp3) is 0.636. The van der Waals surface area contributed by atoms with E-state index in [2.05, 4.69) is 30.8 Å². The van der Waals surface area contributed by atoms with Crippen LogP contribution in [0.4, 0.5) is 5.82 Å². The third kappa shape index (κ3) is 2.48. The van der Waals surface area contributed by atoms with Gasteiger partial charge in [-0.3, -0.25) is 4.98 Å². The molecule has 1 saturated heterocycles. The van der Waals surface area contributed by atoms with Crippen molar-refractivity contribution in [3.8, 4) is 0 Å². The Labute approximate surface area is 99.0 Å². The summed E-state index contributed by atoms with van der Waals surface area (Å²) in [7, 11) is 0. The molecule has 2 rings (SSSR count). The molecule has 3 nitrogen and oxygen atoms in total. The lowest BCUT2D eigenvalue weighted by Crippen LogP contribution is -2.22. The van der Waals surface area contributed by atoms with E-state index in [0.29, 0.717) is 0 Å². The quantitative estimate of drug-likeness (QED) is 0.790. The zero-order valence-corrected chi connectivity index (χ0v) is 10.6. The van der Waals surface area contributed by atoms with Crippen LogP contribution in [0.1, 0.15) is 18.5 Å². The number of halogens is 1. The van der Waals surface area contributed by atoms with E-state index in [0.717, 1.165) is 35.8 Å². The number of nitrogens with zero attached hydrogens (tertiary/aromatic N) is 3. The van der Waals surface area contributed by atoms with Gasteiger partial charge in [-0.15, -0.1) is 0 Å². The predicted octanol–water partition coefficient (Wildman–Crippen LogP) is 2.40. The van der Waals surface area contributed by atoms with E-state index in [9.17, 15) is 0 Å². The van der Waals surface area contributed by atoms with Crippen LogP contribution in [0, 0.1) is 12.8 Å². The van der Waals surface area contributed by atoms with Gasteiger partial charge in [0.25, 0.3) is 0 Å². The van der Waals surface area contributed by atoms with Gasteiger partial charge < -0.3 is 4.90 Å². The van der Waals surface area contributed by atoms with Crippen molar-refractivity contribution in [2.24, 2.45) is 5.92 Å². The summed E-state index contributed by atoms with van der Waals surface area (Å²) in [5, 5.41) is 1.10. The van der Waals surface area contributed by atoms with Crippen molar-refractivity contribution in [1.29, 1.82) is 0 Å². The Kier molecular flexibility index (Phi) is 3.57. The normalized spacial score (nSPS) is 20.9. The molecule has 0 N–H and O–H groups in total. The molecule has 0 aromatic carbocycles. The molecule has 15 heavy (non-hydrogen) atoms. The van der Waals surface area contributed by atoms with Crippen LogP contribution in [-0.4, -0.2) is 28.4 Å². The fourth-order valence-electron chi connectivity index (χ4n) is 2.13. The number of anilines is 1. The Hall–Kier alpha value is -0.640. The Morgan fingerprint density at radius 1 is 1.47 bits per heavy atom. The Bertz CT molecular complexity index is 329. The van der Waals surface area contributed by atoms with E-state index in [-0.39, 0.29) is 0 Å². The summed E-state index contributed by atoms with van der Waals surface area (Å²) >= 11 is 3.50. The van der Waals surface area contributed by atoms with Crippen LogP contribution in [0.5, 0.6) is 0 Å². The van der Waals surface area contributed by atoms with Gasteiger partial charge in [0.05, 0.1) is 5.69 Å². The van der Waals surface area contributed by atoms with Crippen molar-refractivity contribution in [3.63, 3.8) is 0 Å². The van der Waals surface area contributed by atoms with E-state index in [1.807, 2.05) is 6.92 Å². The van der Waals surface area contributed by atoms with Crippen LogP contribution in [0.2, 0.25) is 0 Å². The van der Waals surface area contributed by atoms with Crippen molar-refractivity contribution in [1.82, 2.24) is 9.97 Å². The van der Waals surface area contributed by atoms with Gasteiger partial charge in [-0.05, 0) is 25.7 Å². The molecule has 0 amide bonds. The summed E-state index contributed by atoms with van der Waals surface area (Å²) in [5.74, 6) is 1.88. The monoisotopic (exact) mass is 269 g/mol. The first-order valence-corrected chi connectivity index (χ1v) is 6.52. The highest BCUT2D eigenvalue weighted by Crippen LogP contribution is 2.25. The van der Waals surface area contributed by atoms with Crippen LogP contribution in [0.25, 0.3) is 0 Å². The lowest BCUT2D eigenvalue weighted by Gasteiger charge is -2.18. The molecule has 1 fully saturated rings. The highest BCUT2D eigenvalue weighted by molar-refractivity contribution is 9.09. The predicted molar refractivity (Wildman–Crippen MR) is 65.5 cm³/mol. The van der Waals surface area contributed by atoms with Crippen molar-refractivity contribution in [2.45, 2.75) is 19.8 Å². The topological polar surface area (TPSA) is 29.0 Å². The number of aromatic nitrogens is 2. The molecule has 82 valence electrons. The van der Waals surface area contributed by atoms with Crippen LogP contribution >= 0.6 is 15.9 Å². The van der Waals surface area contributed by atoms with Crippen LogP contribution in [0.15, 0.2) is 12.4 Å². The Morgan fingerprint density at radius 3 is 3.00 bits per heavy atom. The van der Waals surface area contributed by atoms with Gasteiger partial charge in [0.1, 0.15) is 5.82 Å². The smallest absolute Gasteiger partial charge is 0.150 e. The molecule has 1 atom stereocenters. The average molecular weight is 270 g/mol. The molecular formula is C11H16BrN3. The second-order valence-electron chi connectivity index (χ2n) is 4.04. The molecule has 0 saturated carbocycles. The van der Waals surface area contributed by atoms with Gasteiger partial charge in [-0.1, -0.05) is 15.9 Å². The van der Waals surface area contributed by atoms with Crippen LogP contribution in [0.3, 0.4) is 0 Å². The van der Waals surface area contributed by atoms with Gasteiger partial charge in [-0.2, -0.15) is 0 Å². The maximum atomic E-state index is 4.41. The molecule has 0 bridgehead atoms. The highest BCUT2D eigenvalue weighted by atomic mass is 79.9. The van der Waals surface area contributed by atoms with Gasteiger partial charge in [0, 0.05) is 30.8 Å². The van der Waals surface area contributed by atoms with E-state index in [1.165, 1.54) is 12.8 Å². The molecule has 2 heterocycles. The lowest BCUT2D eigenvalue weighted by atomic mass is 10.1. The van der Waals surface area contributed by atoms with E-state index < -0.39 is 0 Å². The average Bonchev–Trinajstić information content (AvgIpc) is 2.68. The Morgan fingerprint density at radius 2 is 2.27 bits per heavy atom. The second-order valence-corrected chi connectivity index (χ2v) is 4.84. The molecule has 1 aliphatic rings. The van der Waals surface area contributed by atoms with Gasteiger partial charge in [-0.25, -0.2) is 4.98 Å². The first-order chi connectivity index (χ1) is 7.31. The minimum Gasteiger partial charge on any atom is -0.355 e. The standard InChI is InChI=1S/C11H16BrN3/c1-9-11(14-6-5-13-9)15-7-3-10(8-15)2-4-12/h5-6,10H,2-4,7-8H2,1H3. The molecule has 1 aliphatic heterocycles. The minimum absolute atomic E-state index is 0.811. The SMILES string of the molecule is Cc1nccnc1N1CCC(CCBr)C1. The summed E-state index contributed by atoms with van der Waals surface area (Å²) in [5.41, 5.74) is 1.04. The van der Waals surface area contributed by atoms with Crippen LogP contribution in [-0.2, 0) is 0 Å². The summed E-state index contributed by atoms with van der Waals surface area (Å²) in [6.07, 6.45) is 6.07. The van der Waals surface area contributed by atoms with E-state index >= 15 is 0 Å². The second kappa shape index (κ2) is 4.92. The number of aryl methyl sites for hydroxylation is 1. The zero-order valence-electron chi connectivity index (χ0n) is 8.99. The summed E-state index contributed by atoms with van der Waals surface area (Å²) < 4.78 is 0. The highest BCUT2D eigenvalue weighted by Gasteiger charge is 2.23. The van der Waals surface area contributed by atoms with E-state index in [1.54, 1.807) is 12.4 Å². The van der Waals surface area contributed by atoms with Crippen molar-refractivity contribution >= 4 is 21.7 Å². The number of hydrogen-bond donors (Lipinski definition) is 0. The number of rotatable bonds is 3. The molecule has 4 heteroatoms. The molecule has 1 aromatic heterocycles. The number of hydrogen-bond acceptors (Lipinski definition) is 3. The van der Waals surface area contributed by atoms with Gasteiger partial charge in [0.15, 0.2) is 0 Å². The van der Waals surface area contributed by atoms with Crippen molar-refractivity contribution < 1.29 is 0 Å². The fourth-order valence-corrected chi connectivity index (χ4v) is 2.77. The molecule has 1 aromatic rings. The maximum Gasteiger partial charge on any atom is 0.150 e. The third-order valence-corrected chi connectivity index (χ3v) is 3.42. The molecule has 1 unspecified atom stereocenters. The summed E-state index contributed by atoms with van der Waals surface area (Å²) in [6.45, 7) is 4.28. The molecule has 0 aliphatic carbocycles. The largest absolute Gasteiger partial charge is 0.355 e. The van der Waals surface area contributed by atoms with Crippen LogP contribution < -0.4 is 4.90 Å². The van der Waals surface area contributed by atoms with E-state index in [4.69, 9.17) is 0 Å². The maximum absolute atomic E-state index is 4.41. The minimum atomic E-state index is 0.811. The summed E-state index contributed by atoms with van der Waals surface area (Å²) in [6, 6.07) is 0. The first-order valence-electron chi connectivity index (χ1n) is 5.40. The first kappa shape index (κ1) is 10.9. The number of alkyl halides is 1. The van der Waals surface area contributed by atoms with Gasteiger partial charge in [0.2, 0.25) is 0 Å². The van der Waals surface area contributed by atoms with Crippen molar-refractivity contribution in [3.05, 3.63) is 18.1 Å². The lowest BCUT2D eigenvalue weighted by molar-refractivity contribution is 0.575. The summed E-state index contributed by atoms with van der Waals surface area (Å²) in [4.78, 5) is 11.0. The molecule has 0 spiro atoms. The Balaban J connectivity index is 2.04. The third-order valence-electron chi connectivity index (χ3n) is 2.96. The molecule has 0 radical (unpaired) electrons.